The van der Waals surface area contributed by atoms with Crippen molar-refractivity contribution >= 4 is 5.91 Å². The molecule has 0 N–H and O–H groups in total. The fourth-order valence-corrected chi connectivity index (χ4v) is 1.60. The van der Waals surface area contributed by atoms with Gasteiger partial charge in [-0.2, -0.15) is 0 Å². The molecule has 1 aromatic rings. The highest BCUT2D eigenvalue weighted by atomic mass is 19.1. The zero-order valence-corrected chi connectivity index (χ0v) is 7.38. The van der Waals surface area contributed by atoms with Crippen LogP contribution in [0.15, 0.2) is 18.2 Å². The van der Waals surface area contributed by atoms with Gasteiger partial charge in [0.2, 0.25) is 0 Å². The van der Waals surface area contributed by atoms with Gasteiger partial charge in [-0.05, 0) is 30.7 Å². The molecule has 0 saturated heterocycles. The molecule has 13 heavy (non-hydrogen) atoms. The molecule has 2 nitrogen and oxygen atoms in total. The lowest BCUT2D eigenvalue weighted by molar-refractivity contribution is 0.0787. The Morgan fingerprint density at radius 1 is 1.54 bits per heavy atom. The molecule has 68 valence electrons. The van der Waals surface area contributed by atoms with Gasteiger partial charge in [-0.25, -0.2) is 4.39 Å². The summed E-state index contributed by atoms with van der Waals surface area (Å²) in [5.41, 5.74) is 1.44. The molecule has 0 spiro atoms. The maximum Gasteiger partial charge on any atom is 0.254 e. The number of benzene rings is 1. The molecular weight excluding hydrogens is 169 g/mol. The SMILES string of the molecule is CCN1Cc2cc(F)ccc2C1=O. The highest BCUT2D eigenvalue weighted by molar-refractivity contribution is 5.98. The zero-order valence-electron chi connectivity index (χ0n) is 7.38. The van der Waals surface area contributed by atoms with Gasteiger partial charge in [0.05, 0.1) is 0 Å². The Bertz CT molecular complexity index is 362. The molecule has 0 aliphatic carbocycles. The highest BCUT2D eigenvalue weighted by Crippen LogP contribution is 2.22. The van der Waals surface area contributed by atoms with Crippen molar-refractivity contribution in [2.24, 2.45) is 0 Å². The summed E-state index contributed by atoms with van der Waals surface area (Å²) in [5.74, 6) is -0.262. The number of nitrogens with zero attached hydrogens (tertiary/aromatic N) is 1. The number of hydrogen-bond acceptors (Lipinski definition) is 1. The second kappa shape index (κ2) is 2.83. The van der Waals surface area contributed by atoms with Crippen molar-refractivity contribution in [2.75, 3.05) is 6.54 Å². The van der Waals surface area contributed by atoms with Crippen LogP contribution in [0.1, 0.15) is 22.8 Å². The van der Waals surface area contributed by atoms with Gasteiger partial charge < -0.3 is 4.90 Å². The molecule has 0 atom stereocenters. The summed E-state index contributed by atoms with van der Waals surface area (Å²) in [6.07, 6.45) is 0. The lowest BCUT2D eigenvalue weighted by Crippen LogP contribution is -2.22. The van der Waals surface area contributed by atoms with E-state index in [1.54, 1.807) is 11.0 Å². The van der Waals surface area contributed by atoms with E-state index in [-0.39, 0.29) is 11.7 Å². The number of carbonyl (C=O) groups is 1. The molecule has 1 amide bonds. The molecule has 0 fully saturated rings. The van der Waals surface area contributed by atoms with E-state index in [0.29, 0.717) is 18.7 Å². The number of halogens is 1. The van der Waals surface area contributed by atoms with E-state index in [2.05, 4.69) is 0 Å². The van der Waals surface area contributed by atoms with Crippen LogP contribution < -0.4 is 0 Å². The van der Waals surface area contributed by atoms with Crippen molar-refractivity contribution in [1.82, 2.24) is 4.90 Å². The molecule has 1 aromatic carbocycles. The van der Waals surface area contributed by atoms with E-state index in [9.17, 15) is 9.18 Å². The van der Waals surface area contributed by atoms with Crippen LogP contribution in [0, 0.1) is 5.82 Å². The summed E-state index contributed by atoms with van der Waals surface area (Å²) >= 11 is 0. The maximum atomic E-state index is 12.8. The Hall–Kier alpha value is -1.38. The normalized spacial score (nSPS) is 14.9. The van der Waals surface area contributed by atoms with Crippen molar-refractivity contribution < 1.29 is 9.18 Å². The number of fused-ring (bicyclic) bond motifs is 1. The summed E-state index contributed by atoms with van der Waals surface area (Å²) < 4.78 is 12.8. The quantitative estimate of drug-likeness (QED) is 0.643. The average Bonchev–Trinajstić information content (AvgIpc) is 2.42. The predicted molar refractivity (Wildman–Crippen MR) is 46.8 cm³/mol. The van der Waals surface area contributed by atoms with Gasteiger partial charge in [0, 0.05) is 18.7 Å². The molecule has 3 heteroatoms. The first kappa shape index (κ1) is 8.23. The van der Waals surface area contributed by atoms with E-state index in [1.807, 2.05) is 6.92 Å². The molecule has 0 radical (unpaired) electrons. The Labute approximate surface area is 76.0 Å². The first-order valence-electron chi connectivity index (χ1n) is 4.30. The minimum absolute atomic E-state index is 0.0116. The summed E-state index contributed by atoms with van der Waals surface area (Å²) in [6, 6.07) is 4.32. The third-order valence-corrected chi connectivity index (χ3v) is 2.33. The van der Waals surface area contributed by atoms with Crippen molar-refractivity contribution in [3.63, 3.8) is 0 Å². The fourth-order valence-electron chi connectivity index (χ4n) is 1.60. The molecule has 1 heterocycles. The Kier molecular flexibility index (Phi) is 1.79. The summed E-state index contributed by atoms with van der Waals surface area (Å²) in [6.45, 7) is 3.14. The Balaban J connectivity index is 2.44. The van der Waals surface area contributed by atoms with Crippen LogP contribution in [-0.4, -0.2) is 17.4 Å². The lowest BCUT2D eigenvalue weighted by atomic mass is 10.1. The summed E-state index contributed by atoms with van der Waals surface area (Å²) in [5, 5.41) is 0. The molecule has 1 aliphatic heterocycles. The Morgan fingerprint density at radius 3 is 3.00 bits per heavy atom. The second-order valence-corrected chi connectivity index (χ2v) is 3.12. The number of amides is 1. The molecule has 2 rings (SSSR count). The van der Waals surface area contributed by atoms with Crippen LogP contribution >= 0.6 is 0 Å². The number of carbonyl (C=O) groups excluding carboxylic acids is 1. The van der Waals surface area contributed by atoms with E-state index < -0.39 is 0 Å². The van der Waals surface area contributed by atoms with E-state index >= 15 is 0 Å². The minimum Gasteiger partial charge on any atom is -0.335 e. The topological polar surface area (TPSA) is 20.3 Å². The maximum absolute atomic E-state index is 12.8. The van der Waals surface area contributed by atoms with Gasteiger partial charge >= 0.3 is 0 Å². The van der Waals surface area contributed by atoms with Gasteiger partial charge in [-0.15, -0.1) is 0 Å². The standard InChI is InChI=1S/C10H10FNO/c1-2-12-6-7-5-8(11)3-4-9(7)10(12)13/h3-5H,2,6H2,1H3. The molecule has 0 unspecified atom stereocenters. The van der Waals surface area contributed by atoms with Gasteiger partial charge in [0.1, 0.15) is 5.82 Å². The third kappa shape index (κ3) is 1.20. The van der Waals surface area contributed by atoms with Crippen LogP contribution in [0.2, 0.25) is 0 Å². The van der Waals surface area contributed by atoms with Crippen LogP contribution in [-0.2, 0) is 6.54 Å². The van der Waals surface area contributed by atoms with Crippen LogP contribution in [0.5, 0.6) is 0 Å². The van der Waals surface area contributed by atoms with E-state index in [0.717, 1.165) is 5.56 Å². The fraction of sp³-hybridized carbons (Fsp3) is 0.300. The number of rotatable bonds is 1. The second-order valence-electron chi connectivity index (χ2n) is 3.12. The van der Waals surface area contributed by atoms with Crippen molar-refractivity contribution in [2.45, 2.75) is 13.5 Å². The predicted octanol–water partition coefficient (Wildman–Crippen LogP) is 1.80. The zero-order chi connectivity index (χ0) is 9.42. The molecule has 1 aliphatic rings. The van der Waals surface area contributed by atoms with Gasteiger partial charge in [-0.3, -0.25) is 4.79 Å². The average molecular weight is 179 g/mol. The smallest absolute Gasteiger partial charge is 0.254 e. The largest absolute Gasteiger partial charge is 0.335 e. The monoisotopic (exact) mass is 179 g/mol. The summed E-state index contributed by atoms with van der Waals surface area (Å²) in [4.78, 5) is 13.2. The Morgan fingerprint density at radius 2 is 2.31 bits per heavy atom. The molecular formula is C10H10FNO. The third-order valence-electron chi connectivity index (χ3n) is 2.33. The molecule has 0 aromatic heterocycles. The molecule has 0 saturated carbocycles. The minimum atomic E-state index is -0.274. The van der Waals surface area contributed by atoms with Gasteiger partial charge in [0.15, 0.2) is 0 Å². The van der Waals surface area contributed by atoms with Crippen LogP contribution in [0.4, 0.5) is 4.39 Å². The van der Waals surface area contributed by atoms with E-state index in [4.69, 9.17) is 0 Å². The van der Waals surface area contributed by atoms with E-state index in [1.165, 1.54) is 12.1 Å². The lowest BCUT2D eigenvalue weighted by Gasteiger charge is -2.10. The first-order valence-corrected chi connectivity index (χ1v) is 4.30. The summed E-state index contributed by atoms with van der Waals surface area (Å²) in [7, 11) is 0. The van der Waals surface area contributed by atoms with Crippen molar-refractivity contribution in [3.05, 3.63) is 35.1 Å². The van der Waals surface area contributed by atoms with Crippen molar-refractivity contribution in [1.29, 1.82) is 0 Å². The molecule has 0 bridgehead atoms. The van der Waals surface area contributed by atoms with Gasteiger partial charge in [0.25, 0.3) is 5.91 Å². The van der Waals surface area contributed by atoms with Gasteiger partial charge in [-0.1, -0.05) is 0 Å². The first-order chi connectivity index (χ1) is 6.22. The number of hydrogen-bond donors (Lipinski definition) is 0. The highest BCUT2D eigenvalue weighted by Gasteiger charge is 2.25. The van der Waals surface area contributed by atoms with Crippen LogP contribution in [0.25, 0.3) is 0 Å². The van der Waals surface area contributed by atoms with Crippen molar-refractivity contribution in [3.8, 4) is 0 Å². The van der Waals surface area contributed by atoms with Crippen LogP contribution in [0.3, 0.4) is 0 Å².